The molecule has 0 radical (unpaired) electrons. The lowest BCUT2D eigenvalue weighted by Crippen LogP contribution is -2.40. The molecule has 1 aliphatic heterocycles. The second kappa shape index (κ2) is 10.5. The normalized spacial score (nSPS) is 13.4. The molecule has 1 aromatic heterocycles. The van der Waals surface area contributed by atoms with Crippen LogP contribution in [-0.2, 0) is 25.7 Å². The number of nitrogens with zero attached hydrogens (tertiary/aromatic N) is 3. The van der Waals surface area contributed by atoms with Crippen LogP contribution in [-0.4, -0.2) is 40.9 Å². The van der Waals surface area contributed by atoms with E-state index in [0.29, 0.717) is 16.4 Å². The molecule has 0 aliphatic carbocycles. The third-order valence-corrected chi connectivity index (χ3v) is 5.54. The van der Waals surface area contributed by atoms with Crippen molar-refractivity contribution in [1.29, 1.82) is 0 Å². The van der Waals surface area contributed by atoms with E-state index >= 15 is 0 Å². The number of para-hydroxylation sites is 1. The van der Waals surface area contributed by atoms with Crippen molar-refractivity contribution < 1.29 is 19.1 Å². The first-order chi connectivity index (χ1) is 16.0. The molecule has 2 heterocycles. The fourth-order valence-electron chi connectivity index (χ4n) is 3.35. The Morgan fingerprint density at radius 1 is 1.26 bits per heavy atom. The quantitative estimate of drug-likeness (QED) is 0.309. The Bertz CT molecular complexity index is 1140. The number of amides is 2. The van der Waals surface area contributed by atoms with Crippen LogP contribution >= 0.6 is 11.3 Å². The molecule has 0 fully saturated rings. The smallest absolute Gasteiger partial charge is 0.310 e. The molecule has 0 bridgehead atoms. The fourth-order valence-corrected chi connectivity index (χ4v) is 4.09. The van der Waals surface area contributed by atoms with Crippen molar-refractivity contribution in [2.45, 2.75) is 45.8 Å². The topological polar surface area (TPSA) is 153 Å². The average molecular weight is 485 g/mol. The minimum Gasteiger partial charge on any atom is -0.460 e. The van der Waals surface area contributed by atoms with Gasteiger partial charge in [-0.05, 0) is 32.4 Å². The van der Waals surface area contributed by atoms with Crippen LogP contribution in [0.2, 0.25) is 0 Å². The van der Waals surface area contributed by atoms with Crippen molar-refractivity contribution in [2.75, 3.05) is 11.4 Å². The summed E-state index contributed by atoms with van der Waals surface area (Å²) >= 11 is 1.25. The third kappa shape index (κ3) is 6.88. The molecule has 10 nitrogen and oxygen atoms in total. The summed E-state index contributed by atoms with van der Waals surface area (Å²) in [6.45, 7) is 5.47. The number of aromatic nitrogens is 1. The largest absolute Gasteiger partial charge is 0.460 e. The van der Waals surface area contributed by atoms with Gasteiger partial charge in [0.2, 0.25) is 16.9 Å². The molecular formula is C23H28N6O4S. The predicted molar refractivity (Wildman–Crippen MR) is 131 cm³/mol. The van der Waals surface area contributed by atoms with Gasteiger partial charge < -0.3 is 26.4 Å². The number of hydrogen-bond acceptors (Lipinski definition) is 7. The number of guanidine groups is 1. The number of esters is 1. The van der Waals surface area contributed by atoms with Gasteiger partial charge in [-0.3, -0.25) is 14.4 Å². The number of carbonyl (C=O) groups excluding carboxylic acids is 3. The Balaban J connectivity index is 1.71. The second-order valence-electron chi connectivity index (χ2n) is 8.62. The number of aliphatic imine (C=N–C) groups is 1. The number of anilines is 1. The van der Waals surface area contributed by atoms with Crippen molar-refractivity contribution in [2.24, 2.45) is 16.5 Å². The summed E-state index contributed by atoms with van der Waals surface area (Å²) in [5, 5.41) is 3.18. The molecule has 0 saturated heterocycles. The Labute approximate surface area is 201 Å². The molecule has 1 aromatic carbocycles. The summed E-state index contributed by atoms with van der Waals surface area (Å²) in [7, 11) is 0. The van der Waals surface area contributed by atoms with Crippen LogP contribution in [0.5, 0.6) is 0 Å². The standard InChI is InChI=1S/C23H28N6O4S/c1-23(2,3)33-20(32)10-14-8-9-19(31)29(17-7-5-4-6-16(14)17)13-18(30)26-11-15-12-27-22(34-15)28-21(24)25/h4-8,12H,9-11,13H2,1-3H3,(H,26,30)(H4,24,25,27,28). The highest BCUT2D eigenvalue weighted by Gasteiger charge is 2.27. The maximum atomic E-state index is 12.9. The highest BCUT2D eigenvalue weighted by molar-refractivity contribution is 7.15. The van der Waals surface area contributed by atoms with Crippen LogP contribution in [0.1, 0.15) is 44.1 Å². The first-order valence-corrected chi connectivity index (χ1v) is 11.4. The lowest BCUT2D eigenvalue weighted by atomic mass is 10.0. The minimum absolute atomic E-state index is 0.0328. The zero-order valence-electron chi connectivity index (χ0n) is 19.3. The van der Waals surface area contributed by atoms with Gasteiger partial charge in [-0.15, -0.1) is 0 Å². The molecule has 11 heteroatoms. The van der Waals surface area contributed by atoms with Crippen molar-refractivity contribution in [3.8, 4) is 0 Å². The molecule has 3 rings (SSSR count). The Morgan fingerprint density at radius 3 is 2.71 bits per heavy atom. The van der Waals surface area contributed by atoms with E-state index in [-0.39, 0.29) is 49.7 Å². The predicted octanol–water partition coefficient (Wildman–Crippen LogP) is 2.22. The molecule has 0 spiro atoms. The summed E-state index contributed by atoms with van der Waals surface area (Å²) in [6, 6.07) is 7.21. The highest BCUT2D eigenvalue weighted by Crippen LogP contribution is 2.33. The maximum Gasteiger partial charge on any atom is 0.310 e. The number of rotatable bonds is 7. The zero-order chi connectivity index (χ0) is 24.9. The summed E-state index contributed by atoms with van der Waals surface area (Å²) in [5.74, 6) is -1.05. The van der Waals surface area contributed by atoms with Gasteiger partial charge in [0, 0.05) is 23.1 Å². The van der Waals surface area contributed by atoms with Crippen molar-refractivity contribution >= 4 is 51.5 Å². The van der Waals surface area contributed by atoms with Gasteiger partial charge in [0.25, 0.3) is 0 Å². The van der Waals surface area contributed by atoms with Crippen molar-refractivity contribution in [1.82, 2.24) is 10.3 Å². The number of nitrogens with two attached hydrogens (primary N) is 2. The molecule has 2 amide bonds. The number of fused-ring (bicyclic) bond motifs is 1. The maximum absolute atomic E-state index is 12.9. The summed E-state index contributed by atoms with van der Waals surface area (Å²) in [6.07, 6.45) is 3.40. The first kappa shape index (κ1) is 24.9. The van der Waals surface area contributed by atoms with Crippen LogP contribution in [0.4, 0.5) is 10.8 Å². The Hall–Kier alpha value is -3.73. The Kier molecular flexibility index (Phi) is 7.67. The minimum atomic E-state index is -0.607. The number of ether oxygens (including phenoxy) is 1. The van der Waals surface area contributed by atoms with Gasteiger partial charge in [0.1, 0.15) is 12.1 Å². The molecular weight excluding hydrogens is 456 g/mol. The number of carbonyl (C=O) groups is 3. The van der Waals surface area contributed by atoms with E-state index in [1.54, 1.807) is 45.2 Å². The SMILES string of the molecule is CC(C)(C)OC(=O)CC1=CCC(=O)N(CC(=O)NCc2cnc(N=C(N)N)s2)c2ccccc21. The van der Waals surface area contributed by atoms with Crippen LogP contribution in [0.15, 0.2) is 41.5 Å². The number of thiazole rings is 1. The monoisotopic (exact) mass is 484 g/mol. The molecule has 0 unspecified atom stereocenters. The Morgan fingerprint density at radius 2 is 2.00 bits per heavy atom. The van der Waals surface area contributed by atoms with E-state index in [9.17, 15) is 14.4 Å². The van der Waals surface area contributed by atoms with E-state index < -0.39 is 5.60 Å². The van der Waals surface area contributed by atoms with E-state index in [4.69, 9.17) is 16.2 Å². The number of nitrogens with one attached hydrogen (secondary N) is 1. The molecule has 5 N–H and O–H groups in total. The van der Waals surface area contributed by atoms with Gasteiger partial charge in [-0.1, -0.05) is 35.6 Å². The molecule has 0 atom stereocenters. The van der Waals surface area contributed by atoms with E-state index in [1.165, 1.54) is 16.2 Å². The van der Waals surface area contributed by atoms with Crippen LogP contribution in [0.3, 0.4) is 0 Å². The number of benzene rings is 1. The highest BCUT2D eigenvalue weighted by atomic mass is 32.1. The van der Waals surface area contributed by atoms with E-state index in [0.717, 1.165) is 10.4 Å². The molecule has 2 aromatic rings. The summed E-state index contributed by atoms with van der Waals surface area (Å²) in [5.41, 5.74) is 12.1. The van der Waals surface area contributed by atoms with E-state index in [1.807, 2.05) is 12.1 Å². The van der Waals surface area contributed by atoms with Crippen LogP contribution in [0.25, 0.3) is 5.57 Å². The van der Waals surface area contributed by atoms with Crippen molar-refractivity contribution in [3.05, 3.63) is 47.0 Å². The summed E-state index contributed by atoms with van der Waals surface area (Å²) in [4.78, 5) is 48.1. The van der Waals surface area contributed by atoms with Crippen LogP contribution < -0.4 is 21.7 Å². The van der Waals surface area contributed by atoms with Gasteiger partial charge in [0.05, 0.1) is 18.7 Å². The van der Waals surface area contributed by atoms with Crippen LogP contribution in [0, 0.1) is 0 Å². The molecule has 0 saturated carbocycles. The van der Waals surface area contributed by atoms with Gasteiger partial charge in [0.15, 0.2) is 5.96 Å². The third-order valence-electron chi connectivity index (χ3n) is 4.65. The first-order valence-electron chi connectivity index (χ1n) is 10.6. The summed E-state index contributed by atoms with van der Waals surface area (Å²) < 4.78 is 5.44. The molecule has 180 valence electrons. The van der Waals surface area contributed by atoms with E-state index in [2.05, 4.69) is 15.3 Å². The lowest BCUT2D eigenvalue weighted by Gasteiger charge is -2.23. The zero-order valence-corrected chi connectivity index (χ0v) is 20.1. The fraction of sp³-hybridized carbons (Fsp3) is 0.348. The lowest BCUT2D eigenvalue weighted by molar-refractivity contribution is -0.153. The molecule has 34 heavy (non-hydrogen) atoms. The second-order valence-corrected chi connectivity index (χ2v) is 9.71. The number of hydrogen-bond donors (Lipinski definition) is 3. The van der Waals surface area contributed by atoms with Gasteiger partial charge in [-0.25, -0.2) is 4.98 Å². The molecule has 1 aliphatic rings. The van der Waals surface area contributed by atoms with Gasteiger partial charge in [-0.2, -0.15) is 4.99 Å². The van der Waals surface area contributed by atoms with Gasteiger partial charge >= 0.3 is 5.97 Å². The average Bonchev–Trinajstić information content (AvgIpc) is 3.13. The van der Waals surface area contributed by atoms with Crippen molar-refractivity contribution in [3.63, 3.8) is 0 Å².